The van der Waals surface area contributed by atoms with Crippen molar-refractivity contribution in [1.29, 1.82) is 0 Å². The molecule has 9 heteroatoms. The molecule has 2 amide bonds. The molecule has 0 spiro atoms. The molecule has 4 rings (SSSR count). The Balaban J connectivity index is 0.00000272. The van der Waals surface area contributed by atoms with Crippen molar-refractivity contribution >= 4 is 53.1 Å². The third-order valence-corrected chi connectivity index (χ3v) is 7.44. The van der Waals surface area contributed by atoms with E-state index in [1.165, 1.54) is 4.90 Å². The lowest BCUT2D eigenvalue weighted by Gasteiger charge is -2.18. The number of amides is 2. The van der Waals surface area contributed by atoms with E-state index in [2.05, 4.69) is 58.9 Å². The van der Waals surface area contributed by atoms with Gasteiger partial charge in [0.05, 0.1) is 29.1 Å². The molecule has 2 heterocycles. The fourth-order valence-corrected chi connectivity index (χ4v) is 5.59. The van der Waals surface area contributed by atoms with Crippen molar-refractivity contribution < 1.29 is 9.59 Å². The number of carbonyl (C=O) groups is 2. The molecule has 2 fully saturated rings. The van der Waals surface area contributed by atoms with E-state index < -0.39 is 0 Å². The summed E-state index contributed by atoms with van der Waals surface area (Å²) >= 11 is 1.66. The summed E-state index contributed by atoms with van der Waals surface area (Å²) in [5.74, 6) is 0.926. The normalized spacial score (nSPS) is 27.0. The van der Waals surface area contributed by atoms with E-state index in [9.17, 15) is 9.59 Å². The van der Waals surface area contributed by atoms with E-state index in [0.29, 0.717) is 25.6 Å². The van der Waals surface area contributed by atoms with Crippen molar-refractivity contribution in [2.45, 2.75) is 46.1 Å². The van der Waals surface area contributed by atoms with Gasteiger partial charge in [0.15, 0.2) is 5.96 Å². The fourth-order valence-electron chi connectivity index (χ4n) is 4.70. The van der Waals surface area contributed by atoms with Gasteiger partial charge in [-0.1, -0.05) is 32.9 Å². The number of nitrogens with one attached hydrogen (secondary N) is 2. The quantitative estimate of drug-likeness (QED) is 0.185. The molecule has 2 bridgehead atoms. The highest BCUT2D eigenvalue weighted by molar-refractivity contribution is 14.0. The van der Waals surface area contributed by atoms with Crippen LogP contribution in [0.15, 0.2) is 22.5 Å². The molecular formula is C22H32IN5O2S. The molecule has 4 unspecified atom stereocenters. The molecule has 1 aromatic rings. The maximum Gasteiger partial charge on any atom is 0.233 e. The van der Waals surface area contributed by atoms with Crippen molar-refractivity contribution in [3.8, 4) is 0 Å². The number of aliphatic imine (C=N–C) groups is 1. The highest BCUT2D eigenvalue weighted by Crippen LogP contribution is 2.52. The lowest BCUT2D eigenvalue weighted by atomic mass is 9.85. The molecule has 1 saturated carbocycles. The molecule has 1 saturated heterocycles. The van der Waals surface area contributed by atoms with Crippen molar-refractivity contribution in [2.75, 3.05) is 19.6 Å². The Labute approximate surface area is 205 Å². The molecule has 170 valence electrons. The summed E-state index contributed by atoms with van der Waals surface area (Å²) in [4.78, 5) is 36.3. The smallest absolute Gasteiger partial charge is 0.233 e. The van der Waals surface area contributed by atoms with Crippen LogP contribution in [-0.4, -0.2) is 47.3 Å². The van der Waals surface area contributed by atoms with E-state index >= 15 is 0 Å². The summed E-state index contributed by atoms with van der Waals surface area (Å²) in [6.45, 7) is 10.5. The zero-order chi connectivity index (χ0) is 21.5. The van der Waals surface area contributed by atoms with Gasteiger partial charge in [-0.2, -0.15) is 0 Å². The third kappa shape index (κ3) is 4.81. The molecule has 2 aliphatic carbocycles. The first kappa shape index (κ1) is 24.2. The number of hydrogen-bond donors (Lipinski definition) is 2. The summed E-state index contributed by atoms with van der Waals surface area (Å²) in [7, 11) is 0. The Morgan fingerprint density at radius 1 is 1.19 bits per heavy atom. The number of hydrogen-bond acceptors (Lipinski definition) is 5. The maximum absolute atomic E-state index is 12.8. The van der Waals surface area contributed by atoms with Gasteiger partial charge in [-0.15, -0.1) is 35.3 Å². The maximum atomic E-state index is 12.8. The molecule has 31 heavy (non-hydrogen) atoms. The molecule has 4 atom stereocenters. The first-order chi connectivity index (χ1) is 14.3. The van der Waals surface area contributed by atoms with E-state index in [4.69, 9.17) is 0 Å². The number of carbonyl (C=O) groups excluding carboxylic acids is 2. The van der Waals surface area contributed by atoms with Crippen LogP contribution in [0.2, 0.25) is 0 Å². The summed E-state index contributed by atoms with van der Waals surface area (Å²) in [6, 6.07) is 0. The van der Waals surface area contributed by atoms with Gasteiger partial charge >= 0.3 is 0 Å². The molecule has 3 aliphatic rings. The van der Waals surface area contributed by atoms with Crippen LogP contribution in [0.25, 0.3) is 0 Å². The zero-order valence-corrected chi connectivity index (χ0v) is 21.7. The van der Waals surface area contributed by atoms with Gasteiger partial charge in [-0.25, -0.2) is 9.98 Å². The van der Waals surface area contributed by atoms with Crippen molar-refractivity contribution in [3.05, 3.63) is 28.2 Å². The highest BCUT2D eigenvalue weighted by Gasteiger charge is 2.58. The molecule has 2 N–H and O–H groups in total. The number of allylic oxidation sites excluding steroid dienone is 2. The number of guanidine groups is 1. The second-order valence-electron chi connectivity index (χ2n) is 9.34. The van der Waals surface area contributed by atoms with E-state index in [-0.39, 0.29) is 64.9 Å². The van der Waals surface area contributed by atoms with Crippen molar-refractivity contribution in [1.82, 2.24) is 20.5 Å². The Morgan fingerprint density at radius 3 is 2.39 bits per heavy atom. The highest BCUT2D eigenvalue weighted by atomic mass is 127. The van der Waals surface area contributed by atoms with Gasteiger partial charge in [0.1, 0.15) is 0 Å². The lowest BCUT2D eigenvalue weighted by molar-refractivity contribution is -0.140. The number of nitrogens with zero attached hydrogens (tertiary/aromatic N) is 3. The fraction of sp³-hybridized carbons (Fsp3) is 0.636. The van der Waals surface area contributed by atoms with E-state index in [1.807, 2.05) is 6.92 Å². The van der Waals surface area contributed by atoms with Crippen LogP contribution in [0.3, 0.4) is 0 Å². The predicted molar refractivity (Wildman–Crippen MR) is 133 cm³/mol. The minimum absolute atomic E-state index is 0. The van der Waals surface area contributed by atoms with Crippen LogP contribution >= 0.6 is 35.3 Å². The van der Waals surface area contributed by atoms with Gasteiger partial charge < -0.3 is 10.6 Å². The van der Waals surface area contributed by atoms with Crippen molar-refractivity contribution in [2.24, 2.45) is 28.7 Å². The van der Waals surface area contributed by atoms with Crippen LogP contribution in [0.1, 0.15) is 44.8 Å². The van der Waals surface area contributed by atoms with Gasteiger partial charge in [-0.3, -0.25) is 14.5 Å². The number of aromatic nitrogens is 1. The standard InChI is InChI=1S/C22H31N5O2S.HI/c1-5-23-21(25-11-15-12-30-20(26-15)22(2,3)4)24-8-9-27-18(28)16-13-6-7-14(10-13)17(16)19(27)29;/h6-7,12-14,16-17H,5,8-11H2,1-4H3,(H2,23,24,25);1H. The Kier molecular flexibility index (Phi) is 7.45. The molecule has 0 aromatic carbocycles. The minimum atomic E-state index is -0.129. The molecule has 7 nitrogen and oxygen atoms in total. The average molecular weight is 558 g/mol. The Morgan fingerprint density at radius 2 is 1.84 bits per heavy atom. The minimum Gasteiger partial charge on any atom is -0.357 e. The van der Waals surface area contributed by atoms with Crippen LogP contribution in [0, 0.1) is 23.7 Å². The zero-order valence-electron chi connectivity index (χ0n) is 18.6. The van der Waals surface area contributed by atoms with Crippen molar-refractivity contribution in [3.63, 3.8) is 0 Å². The molecule has 0 radical (unpaired) electrons. The lowest BCUT2D eigenvalue weighted by Crippen LogP contribution is -2.43. The molecule has 1 aromatic heterocycles. The summed E-state index contributed by atoms with van der Waals surface area (Å²) < 4.78 is 0. The second-order valence-corrected chi connectivity index (χ2v) is 10.2. The Bertz CT molecular complexity index is 861. The van der Waals surface area contributed by atoms with E-state index in [1.54, 1.807) is 11.3 Å². The van der Waals surface area contributed by atoms with Gasteiger partial charge in [-0.05, 0) is 25.2 Å². The number of thiazole rings is 1. The number of rotatable bonds is 6. The van der Waals surface area contributed by atoms with Crippen LogP contribution < -0.4 is 10.6 Å². The van der Waals surface area contributed by atoms with Crippen LogP contribution in [-0.2, 0) is 21.5 Å². The Hall–Kier alpha value is -1.49. The van der Waals surface area contributed by atoms with Gasteiger partial charge in [0.25, 0.3) is 0 Å². The number of fused-ring (bicyclic) bond motifs is 5. The van der Waals surface area contributed by atoms with E-state index in [0.717, 1.165) is 23.7 Å². The second kappa shape index (κ2) is 9.56. The first-order valence-electron chi connectivity index (χ1n) is 10.8. The van der Waals surface area contributed by atoms with Gasteiger partial charge in [0.2, 0.25) is 11.8 Å². The summed E-state index contributed by atoms with van der Waals surface area (Å²) in [6.07, 6.45) is 5.21. The SMILES string of the molecule is CCNC(=NCc1csc(C(C)(C)C)n1)NCCN1C(=O)C2C3C=CC(C3)C2C1=O.I. The number of likely N-dealkylation sites (tertiary alicyclic amines) is 1. The average Bonchev–Trinajstić information content (AvgIpc) is 3.45. The number of halogens is 1. The summed E-state index contributed by atoms with van der Waals surface area (Å²) in [5, 5.41) is 9.62. The number of imide groups is 1. The van der Waals surface area contributed by atoms with Crippen LogP contribution in [0.5, 0.6) is 0 Å². The largest absolute Gasteiger partial charge is 0.357 e. The molecule has 1 aliphatic heterocycles. The first-order valence-corrected chi connectivity index (χ1v) is 11.7. The predicted octanol–water partition coefficient (Wildman–Crippen LogP) is 2.92. The monoisotopic (exact) mass is 557 g/mol. The van der Waals surface area contributed by atoms with Gasteiger partial charge in [0, 0.05) is 30.4 Å². The topological polar surface area (TPSA) is 86.7 Å². The molecular weight excluding hydrogens is 525 g/mol. The summed E-state index contributed by atoms with van der Waals surface area (Å²) in [5.41, 5.74) is 0.986. The van der Waals surface area contributed by atoms with Crippen LogP contribution in [0.4, 0.5) is 0 Å². The third-order valence-electron chi connectivity index (χ3n) is 6.13.